The summed E-state index contributed by atoms with van der Waals surface area (Å²) in [6, 6.07) is 6.69. The Hall–Kier alpha value is -2.35. The lowest BCUT2D eigenvalue weighted by Gasteiger charge is -2.06. The van der Waals surface area contributed by atoms with Gasteiger partial charge in [-0.05, 0) is 17.1 Å². The van der Waals surface area contributed by atoms with Gasteiger partial charge in [-0.2, -0.15) is 0 Å². The first-order chi connectivity index (χ1) is 10.0. The van der Waals surface area contributed by atoms with Crippen LogP contribution < -0.4 is 0 Å². The van der Waals surface area contributed by atoms with E-state index >= 15 is 0 Å². The standard InChI is InChI=1S/C13H13N3O4S/c1-9-14-8-12(16(19)20)15(9)6-7-21-11-5-3-2-4-10(11)13(17)18/h2-5,8H,6-7H2,1H3,(H,17,18). The monoisotopic (exact) mass is 307 g/mol. The normalized spacial score (nSPS) is 10.5. The highest BCUT2D eigenvalue weighted by Crippen LogP contribution is 2.24. The van der Waals surface area contributed by atoms with Gasteiger partial charge in [-0.1, -0.05) is 12.1 Å². The highest BCUT2D eigenvalue weighted by Gasteiger charge is 2.17. The fourth-order valence-electron chi connectivity index (χ4n) is 1.89. The number of rotatable bonds is 6. The molecular weight excluding hydrogens is 294 g/mol. The molecule has 0 atom stereocenters. The van der Waals surface area contributed by atoms with Gasteiger partial charge in [0.25, 0.3) is 0 Å². The van der Waals surface area contributed by atoms with Gasteiger partial charge in [0, 0.05) is 17.6 Å². The Labute approximate surface area is 124 Å². The topological polar surface area (TPSA) is 98.3 Å². The van der Waals surface area contributed by atoms with Gasteiger partial charge in [-0.3, -0.25) is 0 Å². The minimum absolute atomic E-state index is 0.0559. The molecule has 2 aromatic rings. The third-order valence-corrected chi connectivity index (χ3v) is 3.96. The quantitative estimate of drug-likeness (QED) is 0.500. The minimum Gasteiger partial charge on any atom is -0.478 e. The SMILES string of the molecule is Cc1ncc([N+](=O)[O-])n1CCSc1ccccc1C(=O)O. The molecule has 0 aliphatic rings. The number of nitrogens with zero attached hydrogens (tertiary/aromatic N) is 3. The summed E-state index contributed by atoms with van der Waals surface area (Å²) < 4.78 is 1.51. The Morgan fingerprint density at radius 1 is 1.48 bits per heavy atom. The molecule has 0 amide bonds. The second-order valence-corrected chi connectivity index (χ2v) is 5.36. The third kappa shape index (κ3) is 3.40. The van der Waals surface area contributed by atoms with Gasteiger partial charge < -0.3 is 15.2 Å². The molecule has 0 saturated heterocycles. The molecule has 21 heavy (non-hydrogen) atoms. The van der Waals surface area contributed by atoms with Crippen molar-refractivity contribution in [1.82, 2.24) is 9.55 Å². The number of benzene rings is 1. The molecular formula is C13H13N3O4S. The maximum Gasteiger partial charge on any atom is 0.342 e. The van der Waals surface area contributed by atoms with Crippen molar-refractivity contribution in [2.45, 2.75) is 18.4 Å². The van der Waals surface area contributed by atoms with Crippen LogP contribution in [0.25, 0.3) is 0 Å². The van der Waals surface area contributed by atoms with Crippen LogP contribution in [0.3, 0.4) is 0 Å². The second kappa shape index (κ2) is 6.40. The lowest BCUT2D eigenvalue weighted by molar-refractivity contribution is -0.392. The van der Waals surface area contributed by atoms with E-state index in [1.54, 1.807) is 25.1 Å². The number of carboxylic acid groups (broad SMARTS) is 1. The zero-order valence-corrected chi connectivity index (χ0v) is 12.0. The van der Waals surface area contributed by atoms with Crippen LogP contribution in [0.4, 0.5) is 5.82 Å². The van der Waals surface area contributed by atoms with Crippen LogP contribution in [-0.4, -0.2) is 31.3 Å². The molecule has 0 bridgehead atoms. The highest BCUT2D eigenvalue weighted by atomic mass is 32.2. The van der Waals surface area contributed by atoms with Gasteiger partial charge in [-0.15, -0.1) is 11.8 Å². The smallest absolute Gasteiger partial charge is 0.342 e. The van der Waals surface area contributed by atoms with Crippen molar-refractivity contribution < 1.29 is 14.8 Å². The van der Waals surface area contributed by atoms with Crippen LogP contribution in [0.2, 0.25) is 0 Å². The summed E-state index contributed by atoms with van der Waals surface area (Å²) in [7, 11) is 0. The molecule has 0 aliphatic carbocycles. The number of aromatic nitrogens is 2. The largest absolute Gasteiger partial charge is 0.478 e. The number of aromatic carboxylic acids is 1. The molecule has 0 unspecified atom stereocenters. The summed E-state index contributed by atoms with van der Waals surface area (Å²) in [5, 5.41) is 20.0. The molecule has 1 aromatic carbocycles. The Kier molecular flexibility index (Phi) is 4.59. The van der Waals surface area contributed by atoms with Crippen molar-refractivity contribution in [2.75, 3.05) is 5.75 Å². The molecule has 0 radical (unpaired) electrons. The zero-order chi connectivity index (χ0) is 15.4. The first-order valence-corrected chi connectivity index (χ1v) is 7.11. The van der Waals surface area contributed by atoms with E-state index in [1.807, 2.05) is 0 Å². The van der Waals surface area contributed by atoms with E-state index in [0.717, 1.165) is 0 Å². The summed E-state index contributed by atoms with van der Waals surface area (Å²) in [6.07, 6.45) is 1.23. The first-order valence-electron chi connectivity index (χ1n) is 6.12. The van der Waals surface area contributed by atoms with Crippen LogP contribution in [0, 0.1) is 17.0 Å². The van der Waals surface area contributed by atoms with Gasteiger partial charge in [0.2, 0.25) is 0 Å². The second-order valence-electron chi connectivity index (χ2n) is 4.22. The zero-order valence-electron chi connectivity index (χ0n) is 11.2. The molecule has 0 aliphatic heterocycles. The average molecular weight is 307 g/mol. The van der Waals surface area contributed by atoms with Crippen molar-refractivity contribution >= 4 is 23.5 Å². The predicted octanol–water partition coefficient (Wildman–Crippen LogP) is 2.59. The average Bonchev–Trinajstić information content (AvgIpc) is 2.81. The fourth-order valence-corrected chi connectivity index (χ4v) is 2.87. The predicted molar refractivity (Wildman–Crippen MR) is 77.7 cm³/mol. The van der Waals surface area contributed by atoms with Crippen molar-refractivity contribution in [3.63, 3.8) is 0 Å². The van der Waals surface area contributed by atoms with E-state index in [0.29, 0.717) is 23.0 Å². The van der Waals surface area contributed by atoms with Crippen LogP contribution in [-0.2, 0) is 6.54 Å². The summed E-state index contributed by atoms with van der Waals surface area (Å²) in [6.45, 7) is 2.09. The first kappa shape index (κ1) is 15.0. The van der Waals surface area contributed by atoms with E-state index in [1.165, 1.54) is 28.6 Å². The van der Waals surface area contributed by atoms with Crippen LogP contribution in [0.1, 0.15) is 16.2 Å². The van der Waals surface area contributed by atoms with Crippen molar-refractivity contribution in [3.8, 4) is 0 Å². The molecule has 1 heterocycles. The summed E-state index contributed by atoms with van der Waals surface area (Å²) in [5.41, 5.74) is 0.236. The molecule has 7 nitrogen and oxygen atoms in total. The van der Waals surface area contributed by atoms with Crippen LogP contribution in [0.5, 0.6) is 0 Å². The Bertz CT molecular complexity index is 684. The molecule has 1 aromatic heterocycles. The molecule has 110 valence electrons. The molecule has 0 fully saturated rings. The van der Waals surface area contributed by atoms with Crippen LogP contribution >= 0.6 is 11.8 Å². The highest BCUT2D eigenvalue weighted by molar-refractivity contribution is 7.99. The van der Waals surface area contributed by atoms with E-state index in [2.05, 4.69) is 4.98 Å². The number of hydrogen-bond acceptors (Lipinski definition) is 5. The Morgan fingerprint density at radius 3 is 2.86 bits per heavy atom. The Balaban J connectivity index is 2.07. The number of imidazole rings is 1. The summed E-state index contributed by atoms with van der Waals surface area (Å²) in [5.74, 6) is 0.0406. The van der Waals surface area contributed by atoms with Gasteiger partial charge in [-0.25, -0.2) is 14.3 Å². The summed E-state index contributed by atoms with van der Waals surface area (Å²) in [4.78, 5) is 26.1. The maximum atomic E-state index is 11.1. The maximum absolute atomic E-state index is 11.1. The number of thioether (sulfide) groups is 1. The van der Waals surface area contributed by atoms with E-state index < -0.39 is 10.9 Å². The molecule has 0 spiro atoms. The van der Waals surface area contributed by atoms with Crippen LogP contribution in [0.15, 0.2) is 35.4 Å². The number of nitro groups is 1. The molecule has 1 N–H and O–H groups in total. The fraction of sp³-hybridized carbons (Fsp3) is 0.231. The lowest BCUT2D eigenvalue weighted by atomic mass is 10.2. The number of carbonyl (C=O) groups is 1. The van der Waals surface area contributed by atoms with Crippen molar-refractivity contribution in [2.24, 2.45) is 0 Å². The van der Waals surface area contributed by atoms with Gasteiger partial charge in [0.05, 0.1) is 5.56 Å². The number of carboxylic acids is 1. The van der Waals surface area contributed by atoms with Crippen molar-refractivity contribution in [3.05, 3.63) is 52.0 Å². The molecule has 2 rings (SSSR count). The number of hydrogen-bond donors (Lipinski definition) is 1. The van der Waals surface area contributed by atoms with Gasteiger partial charge in [0.15, 0.2) is 5.82 Å². The minimum atomic E-state index is -0.983. The third-order valence-electron chi connectivity index (χ3n) is 2.91. The summed E-state index contributed by atoms with van der Waals surface area (Å²) >= 11 is 1.35. The van der Waals surface area contributed by atoms with Gasteiger partial charge >= 0.3 is 11.8 Å². The van der Waals surface area contributed by atoms with Crippen molar-refractivity contribution in [1.29, 1.82) is 0 Å². The number of aryl methyl sites for hydroxylation is 1. The van der Waals surface area contributed by atoms with E-state index in [4.69, 9.17) is 5.11 Å². The molecule has 8 heteroatoms. The van der Waals surface area contributed by atoms with E-state index in [-0.39, 0.29) is 11.4 Å². The van der Waals surface area contributed by atoms with E-state index in [9.17, 15) is 14.9 Å². The molecule has 0 saturated carbocycles. The Morgan fingerprint density at radius 2 is 2.19 bits per heavy atom. The van der Waals surface area contributed by atoms with Gasteiger partial charge in [0.1, 0.15) is 12.7 Å². The lowest BCUT2D eigenvalue weighted by Crippen LogP contribution is -2.07.